The molecule has 4 nitrogen and oxygen atoms in total. The Hall–Kier alpha value is -1.29. The molecule has 1 saturated heterocycles. The van der Waals surface area contributed by atoms with E-state index in [0.717, 1.165) is 18.7 Å². The van der Waals surface area contributed by atoms with Crippen LogP contribution in [0.15, 0.2) is 16.7 Å². The van der Waals surface area contributed by atoms with Gasteiger partial charge in [-0.05, 0) is 30.9 Å². The molecule has 1 fully saturated rings. The number of hydrogen-bond donors (Lipinski definition) is 2. The summed E-state index contributed by atoms with van der Waals surface area (Å²) >= 11 is 0. The summed E-state index contributed by atoms with van der Waals surface area (Å²) in [6.45, 7) is 8.20. The fourth-order valence-corrected chi connectivity index (χ4v) is 2.73. The van der Waals surface area contributed by atoms with Crippen molar-refractivity contribution >= 4 is 5.91 Å². The highest BCUT2D eigenvalue weighted by Gasteiger charge is 2.32. The van der Waals surface area contributed by atoms with Gasteiger partial charge in [-0.1, -0.05) is 20.8 Å². The van der Waals surface area contributed by atoms with Crippen molar-refractivity contribution in [2.24, 2.45) is 5.41 Å². The largest absolute Gasteiger partial charge is 0.469 e. The number of hydrogen-bond acceptors (Lipinski definition) is 3. The second-order valence-electron chi connectivity index (χ2n) is 5.92. The van der Waals surface area contributed by atoms with Gasteiger partial charge in [-0.3, -0.25) is 4.79 Å². The minimum absolute atomic E-state index is 0.0335. The van der Waals surface area contributed by atoms with Crippen LogP contribution >= 0.6 is 0 Å². The Morgan fingerprint density at radius 2 is 2.37 bits per heavy atom. The monoisotopic (exact) mass is 264 g/mol. The Bertz CT molecular complexity index is 437. The van der Waals surface area contributed by atoms with Gasteiger partial charge in [0.2, 0.25) is 0 Å². The number of carbonyl (C=O) groups excluding carboxylic acids is 1. The Labute approximate surface area is 114 Å². The number of piperidine rings is 1. The van der Waals surface area contributed by atoms with Crippen molar-refractivity contribution in [2.45, 2.75) is 46.1 Å². The van der Waals surface area contributed by atoms with Crippen LogP contribution in [0.1, 0.15) is 49.7 Å². The number of amides is 1. The number of nitrogens with one attached hydrogen (secondary N) is 2. The second-order valence-corrected chi connectivity index (χ2v) is 5.92. The molecule has 4 heteroatoms. The van der Waals surface area contributed by atoms with Crippen molar-refractivity contribution in [1.82, 2.24) is 10.6 Å². The molecule has 0 saturated carbocycles. The summed E-state index contributed by atoms with van der Waals surface area (Å²) < 4.78 is 5.29. The van der Waals surface area contributed by atoms with Crippen molar-refractivity contribution in [1.29, 1.82) is 0 Å². The van der Waals surface area contributed by atoms with Gasteiger partial charge in [0.25, 0.3) is 5.91 Å². The summed E-state index contributed by atoms with van der Waals surface area (Å²) in [4.78, 5) is 12.1. The van der Waals surface area contributed by atoms with E-state index in [1.165, 1.54) is 12.8 Å². The molecule has 1 aliphatic heterocycles. The van der Waals surface area contributed by atoms with E-state index in [0.29, 0.717) is 18.2 Å². The summed E-state index contributed by atoms with van der Waals surface area (Å²) in [5, 5.41) is 6.52. The highest BCUT2D eigenvalue weighted by atomic mass is 16.3. The molecule has 1 atom stereocenters. The molecule has 2 N–H and O–H groups in total. The molecular weight excluding hydrogens is 240 g/mol. The van der Waals surface area contributed by atoms with Crippen LogP contribution < -0.4 is 10.6 Å². The summed E-state index contributed by atoms with van der Waals surface area (Å²) in [5.41, 5.74) is 0.895. The normalized spacial score (nSPS) is 22.2. The topological polar surface area (TPSA) is 54.3 Å². The minimum atomic E-state index is -0.0335. The summed E-state index contributed by atoms with van der Waals surface area (Å²) in [5.74, 6) is 0.724. The van der Waals surface area contributed by atoms with Crippen molar-refractivity contribution in [3.63, 3.8) is 0 Å². The maximum atomic E-state index is 12.1. The summed E-state index contributed by atoms with van der Waals surface area (Å²) in [6, 6.07) is 2.08. The van der Waals surface area contributed by atoms with Crippen LogP contribution in [0.3, 0.4) is 0 Å². The fraction of sp³-hybridized carbons (Fsp3) is 0.667. The molecular formula is C15H24N2O2. The minimum Gasteiger partial charge on any atom is -0.469 e. The first-order valence-electron chi connectivity index (χ1n) is 7.12. The lowest BCUT2D eigenvalue weighted by atomic mass is 9.77. The average Bonchev–Trinajstić information content (AvgIpc) is 2.85. The molecule has 0 bridgehead atoms. The first-order chi connectivity index (χ1) is 9.04. The van der Waals surface area contributed by atoms with Crippen LogP contribution in [-0.4, -0.2) is 25.0 Å². The summed E-state index contributed by atoms with van der Waals surface area (Å²) in [7, 11) is 0. The van der Waals surface area contributed by atoms with Crippen molar-refractivity contribution in [3.8, 4) is 0 Å². The average molecular weight is 264 g/mol. The third kappa shape index (κ3) is 3.18. The first kappa shape index (κ1) is 14.1. The third-order valence-electron chi connectivity index (χ3n) is 4.11. The molecule has 1 aliphatic rings. The van der Waals surface area contributed by atoms with Gasteiger partial charge in [0.15, 0.2) is 0 Å². The fourth-order valence-electron chi connectivity index (χ4n) is 2.73. The maximum Gasteiger partial charge on any atom is 0.254 e. The van der Waals surface area contributed by atoms with Gasteiger partial charge in [-0.2, -0.15) is 0 Å². The van der Waals surface area contributed by atoms with Gasteiger partial charge in [0.1, 0.15) is 5.76 Å². The molecule has 1 unspecified atom stereocenters. The van der Waals surface area contributed by atoms with Crippen LogP contribution in [0.4, 0.5) is 0 Å². The second kappa shape index (κ2) is 5.78. The molecule has 1 aromatic rings. The van der Waals surface area contributed by atoms with Crippen LogP contribution in [0.25, 0.3) is 0 Å². The number of furan rings is 1. The van der Waals surface area contributed by atoms with Gasteiger partial charge < -0.3 is 15.1 Å². The van der Waals surface area contributed by atoms with Crippen molar-refractivity contribution in [3.05, 3.63) is 23.7 Å². The van der Waals surface area contributed by atoms with Crippen molar-refractivity contribution < 1.29 is 9.21 Å². The molecule has 0 aliphatic carbocycles. The Kier molecular flexibility index (Phi) is 4.30. The van der Waals surface area contributed by atoms with Gasteiger partial charge >= 0.3 is 0 Å². The molecule has 19 heavy (non-hydrogen) atoms. The van der Waals surface area contributed by atoms with Gasteiger partial charge in [-0.25, -0.2) is 0 Å². The lowest BCUT2D eigenvalue weighted by molar-refractivity contribution is 0.0927. The molecule has 0 aromatic carbocycles. The highest BCUT2D eigenvalue weighted by Crippen LogP contribution is 2.29. The standard InChI is InChI=1S/C15H24N2O2/c1-4-12-11(6-9-19-12)14(18)17-10-13-15(2,3)7-5-8-16-13/h6,9,13,16H,4-5,7-8,10H2,1-3H3,(H,17,18). The van der Waals surface area contributed by atoms with E-state index in [4.69, 9.17) is 4.42 Å². The molecule has 1 amide bonds. The first-order valence-corrected chi connectivity index (χ1v) is 7.12. The zero-order valence-electron chi connectivity index (χ0n) is 12.1. The molecule has 2 heterocycles. The van der Waals surface area contributed by atoms with Crippen LogP contribution in [0.5, 0.6) is 0 Å². The lowest BCUT2D eigenvalue weighted by Gasteiger charge is -2.39. The van der Waals surface area contributed by atoms with Gasteiger partial charge in [0, 0.05) is 19.0 Å². The zero-order chi connectivity index (χ0) is 13.9. The Balaban J connectivity index is 1.93. The van der Waals surface area contributed by atoms with Gasteiger partial charge in [0.05, 0.1) is 11.8 Å². The number of rotatable bonds is 4. The van der Waals surface area contributed by atoms with E-state index in [-0.39, 0.29) is 11.3 Å². The van der Waals surface area contributed by atoms with E-state index < -0.39 is 0 Å². The highest BCUT2D eigenvalue weighted by molar-refractivity contribution is 5.95. The SMILES string of the molecule is CCc1occc1C(=O)NCC1NCCCC1(C)C. The lowest BCUT2D eigenvalue weighted by Crippen LogP contribution is -2.52. The van der Waals surface area contributed by atoms with Crippen LogP contribution in [0.2, 0.25) is 0 Å². The third-order valence-corrected chi connectivity index (χ3v) is 4.11. The Morgan fingerprint density at radius 1 is 1.58 bits per heavy atom. The number of carbonyl (C=O) groups is 1. The molecule has 0 radical (unpaired) electrons. The molecule has 1 aromatic heterocycles. The maximum absolute atomic E-state index is 12.1. The van der Waals surface area contributed by atoms with E-state index >= 15 is 0 Å². The summed E-state index contributed by atoms with van der Waals surface area (Å²) in [6.07, 6.45) is 4.73. The van der Waals surface area contributed by atoms with E-state index in [1.807, 2.05) is 6.92 Å². The van der Waals surface area contributed by atoms with Crippen LogP contribution in [0, 0.1) is 5.41 Å². The van der Waals surface area contributed by atoms with E-state index in [2.05, 4.69) is 24.5 Å². The van der Waals surface area contributed by atoms with E-state index in [9.17, 15) is 4.79 Å². The molecule has 0 spiro atoms. The van der Waals surface area contributed by atoms with E-state index in [1.54, 1.807) is 12.3 Å². The molecule has 106 valence electrons. The molecule has 2 rings (SSSR count). The smallest absolute Gasteiger partial charge is 0.254 e. The van der Waals surface area contributed by atoms with Crippen LogP contribution in [-0.2, 0) is 6.42 Å². The zero-order valence-corrected chi connectivity index (χ0v) is 12.1. The van der Waals surface area contributed by atoms with Crippen molar-refractivity contribution in [2.75, 3.05) is 13.1 Å². The predicted molar refractivity (Wildman–Crippen MR) is 75.2 cm³/mol. The quantitative estimate of drug-likeness (QED) is 0.877. The predicted octanol–water partition coefficient (Wildman–Crippen LogP) is 2.35. The number of aryl methyl sites for hydroxylation is 1. The Morgan fingerprint density at radius 3 is 3.05 bits per heavy atom. The van der Waals surface area contributed by atoms with Gasteiger partial charge in [-0.15, -0.1) is 0 Å².